The van der Waals surface area contributed by atoms with Gasteiger partial charge in [-0.2, -0.15) is 9.97 Å². The molecular weight excluding hydrogens is 713 g/mol. The zero-order chi connectivity index (χ0) is 37.5. The number of fused-ring (bicyclic) bond motifs is 12. The van der Waals surface area contributed by atoms with Gasteiger partial charge in [0.15, 0.2) is 11.6 Å². The van der Waals surface area contributed by atoms with Crippen molar-refractivity contribution in [2.45, 2.75) is 15.2 Å². The highest BCUT2D eigenvalue weighted by Gasteiger charge is 2.50. The molecule has 0 amide bonds. The quantitative estimate of drug-likeness (QED) is 0.180. The van der Waals surface area contributed by atoms with Crippen LogP contribution < -0.4 is 0 Å². The topological polar surface area (TPSA) is 43.6 Å². The van der Waals surface area contributed by atoms with Gasteiger partial charge in [0.2, 0.25) is 5.95 Å². The Balaban J connectivity index is 1.15. The van der Waals surface area contributed by atoms with Crippen LogP contribution in [0.3, 0.4) is 0 Å². The fraction of sp³-hybridized carbons (Fsp3) is 0.0192. The van der Waals surface area contributed by atoms with Gasteiger partial charge in [0, 0.05) is 31.7 Å². The van der Waals surface area contributed by atoms with E-state index in [9.17, 15) is 0 Å². The fourth-order valence-corrected chi connectivity index (χ4v) is 10.5. The van der Waals surface area contributed by atoms with Crippen LogP contribution in [0.4, 0.5) is 0 Å². The van der Waals surface area contributed by atoms with Crippen molar-refractivity contribution in [3.8, 4) is 51.0 Å². The first-order valence-corrected chi connectivity index (χ1v) is 20.1. The first kappa shape index (κ1) is 32.2. The number of rotatable bonds is 4. The highest BCUT2D eigenvalue weighted by Crippen LogP contribution is 2.62. The van der Waals surface area contributed by atoms with E-state index in [1.165, 1.54) is 54.1 Å². The van der Waals surface area contributed by atoms with E-state index in [1.54, 1.807) is 0 Å². The lowest BCUT2D eigenvalue weighted by atomic mass is 9.67. The van der Waals surface area contributed by atoms with E-state index in [4.69, 9.17) is 15.0 Å². The molecule has 0 unspecified atom stereocenters. The highest BCUT2D eigenvalue weighted by atomic mass is 32.2. The van der Waals surface area contributed by atoms with E-state index in [0.29, 0.717) is 17.6 Å². The second-order valence-corrected chi connectivity index (χ2v) is 15.8. The first-order valence-electron chi connectivity index (χ1n) is 19.3. The number of para-hydroxylation sites is 1. The Morgan fingerprint density at radius 2 is 0.895 bits per heavy atom. The lowest BCUT2D eigenvalue weighted by molar-refractivity contribution is 0.723. The van der Waals surface area contributed by atoms with Crippen molar-refractivity contribution in [3.05, 3.63) is 216 Å². The molecule has 4 nitrogen and oxygen atoms in total. The second-order valence-electron chi connectivity index (χ2n) is 14.7. The summed E-state index contributed by atoms with van der Waals surface area (Å²) < 4.78 is 2.26. The van der Waals surface area contributed by atoms with Gasteiger partial charge in [-0.3, -0.25) is 4.57 Å². The molecule has 0 bridgehead atoms. The summed E-state index contributed by atoms with van der Waals surface area (Å²) in [6.07, 6.45) is 0. The van der Waals surface area contributed by atoms with Crippen molar-refractivity contribution in [1.29, 1.82) is 0 Å². The van der Waals surface area contributed by atoms with E-state index in [2.05, 4.69) is 174 Å². The van der Waals surface area contributed by atoms with Crippen LogP contribution in [0.25, 0.3) is 72.8 Å². The Morgan fingerprint density at radius 3 is 1.60 bits per heavy atom. The molecule has 3 heterocycles. The number of nitrogens with zero attached hydrogens (tertiary/aromatic N) is 4. The second kappa shape index (κ2) is 12.5. The molecule has 0 radical (unpaired) electrons. The average Bonchev–Trinajstić information content (AvgIpc) is 3.77. The smallest absolute Gasteiger partial charge is 0.238 e. The SMILES string of the molecule is c1ccc(-c2ccc(-c3nc(-c4ccccc4)nc(-n4c5ccccc5c5cc6c(cc54)C4(c5ccccc5S6)c5ccccc5-c5ccccc54)n3)cc2)cc1. The molecule has 57 heavy (non-hydrogen) atoms. The maximum atomic E-state index is 5.32. The third-order valence-electron chi connectivity index (χ3n) is 11.7. The molecule has 5 heteroatoms. The van der Waals surface area contributed by atoms with Crippen LogP contribution in [-0.4, -0.2) is 19.5 Å². The maximum absolute atomic E-state index is 5.32. The third-order valence-corrected chi connectivity index (χ3v) is 12.9. The van der Waals surface area contributed by atoms with E-state index >= 15 is 0 Å². The predicted octanol–water partition coefficient (Wildman–Crippen LogP) is 12.8. The lowest BCUT2D eigenvalue weighted by Crippen LogP contribution is -2.32. The predicted molar refractivity (Wildman–Crippen MR) is 232 cm³/mol. The molecular formula is C52H32N4S. The van der Waals surface area contributed by atoms with Crippen molar-refractivity contribution in [1.82, 2.24) is 19.5 Å². The Kier molecular flexibility index (Phi) is 7.04. The minimum absolute atomic E-state index is 0.500. The highest BCUT2D eigenvalue weighted by molar-refractivity contribution is 7.99. The molecule has 10 aromatic rings. The Labute approximate surface area is 334 Å². The molecule has 0 N–H and O–H groups in total. The molecule has 0 fully saturated rings. The average molecular weight is 745 g/mol. The Morgan fingerprint density at radius 1 is 0.368 bits per heavy atom. The zero-order valence-corrected chi connectivity index (χ0v) is 31.5. The molecule has 1 spiro atoms. The molecule has 1 aliphatic carbocycles. The summed E-state index contributed by atoms with van der Waals surface area (Å²) in [5.41, 5.74) is 13.6. The van der Waals surface area contributed by atoms with Gasteiger partial charge < -0.3 is 0 Å². The summed E-state index contributed by atoms with van der Waals surface area (Å²) in [5, 5.41) is 2.33. The minimum atomic E-state index is -0.500. The zero-order valence-electron chi connectivity index (χ0n) is 30.7. The normalized spacial score (nSPS) is 13.3. The van der Waals surface area contributed by atoms with E-state index in [-0.39, 0.29) is 0 Å². The van der Waals surface area contributed by atoms with E-state index in [1.807, 2.05) is 36.0 Å². The molecule has 1 aliphatic heterocycles. The molecule has 12 rings (SSSR count). The van der Waals surface area contributed by atoms with Gasteiger partial charge >= 0.3 is 0 Å². The van der Waals surface area contributed by atoms with Crippen LogP contribution >= 0.6 is 11.8 Å². The van der Waals surface area contributed by atoms with Gasteiger partial charge in [0.25, 0.3) is 0 Å². The number of aromatic nitrogens is 4. The summed E-state index contributed by atoms with van der Waals surface area (Å²) in [6, 6.07) is 69.6. The van der Waals surface area contributed by atoms with Crippen LogP contribution in [0, 0.1) is 0 Å². The van der Waals surface area contributed by atoms with Gasteiger partial charge in [0.1, 0.15) is 0 Å². The van der Waals surface area contributed by atoms with Crippen LogP contribution in [0.5, 0.6) is 0 Å². The summed E-state index contributed by atoms with van der Waals surface area (Å²) in [5.74, 6) is 1.84. The molecule has 2 aromatic heterocycles. The molecule has 0 saturated carbocycles. The standard InChI is InChI=1S/C52H32N4S/c1-3-15-33(16-4-1)34-27-29-36(30-28-34)50-53-49(35-17-5-2-6-18-35)54-51(55-50)56-45-25-13-9-21-39(45)40-31-48-44(32-46(40)56)52(43-24-12-14-26-47(43)57-48)41-22-10-7-19-37(41)38-20-8-11-23-42(38)52/h1-32H. The van der Waals surface area contributed by atoms with Gasteiger partial charge in [0.05, 0.1) is 16.4 Å². The minimum Gasteiger partial charge on any atom is -0.278 e. The van der Waals surface area contributed by atoms with Crippen molar-refractivity contribution in [3.63, 3.8) is 0 Å². The summed E-state index contributed by atoms with van der Waals surface area (Å²) in [7, 11) is 0. The van der Waals surface area contributed by atoms with Crippen molar-refractivity contribution < 1.29 is 0 Å². The Bertz CT molecular complexity index is 3160. The summed E-state index contributed by atoms with van der Waals surface area (Å²) >= 11 is 1.87. The summed E-state index contributed by atoms with van der Waals surface area (Å²) in [6.45, 7) is 0. The van der Waals surface area contributed by atoms with Crippen LogP contribution in [0.15, 0.2) is 204 Å². The lowest BCUT2D eigenvalue weighted by Gasteiger charge is -2.39. The molecule has 266 valence electrons. The van der Waals surface area contributed by atoms with E-state index < -0.39 is 5.41 Å². The molecule has 0 saturated heterocycles. The maximum Gasteiger partial charge on any atom is 0.238 e. The summed E-state index contributed by atoms with van der Waals surface area (Å²) in [4.78, 5) is 18.3. The molecule has 2 aliphatic rings. The largest absolute Gasteiger partial charge is 0.278 e. The van der Waals surface area contributed by atoms with Gasteiger partial charge in [-0.05, 0) is 68.8 Å². The van der Waals surface area contributed by atoms with Crippen molar-refractivity contribution >= 4 is 33.6 Å². The Hall–Kier alpha value is -7.08. The molecule has 8 aromatic carbocycles. The van der Waals surface area contributed by atoms with Crippen LogP contribution in [-0.2, 0) is 5.41 Å². The number of hydrogen-bond acceptors (Lipinski definition) is 4. The van der Waals surface area contributed by atoms with Gasteiger partial charge in [-0.1, -0.05) is 182 Å². The number of hydrogen-bond donors (Lipinski definition) is 0. The van der Waals surface area contributed by atoms with Gasteiger partial charge in [-0.25, -0.2) is 4.98 Å². The van der Waals surface area contributed by atoms with Crippen molar-refractivity contribution in [2.75, 3.05) is 0 Å². The third kappa shape index (κ3) is 4.73. The number of benzene rings is 8. The van der Waals surface area contributed by atoms with Crippen LogP contribution in [0.2, 0.25) is 0 Å². The van der Waals surface area contributed by atoms with Crippen LogP contribution in [0.1, 0.15) is 22.3 Å². The van der Waals surface area contributed by atoms with Crippen molar-refractivity contribution in [2.24, 2.45) is 0 Å². The monoisotopic (exact) mass is 744 g/mol. The van der Waals surface area contributed by atoms with E-state index in [0.717, 1.165) is 33.1 Å². The fourth-order valence-electron chi connectivity index (χ4n) is 9.29. The first-order chi connectivity index (χ1) is 28.3. The molecule has 0 atom stereocenters. The van der Waals surface area contributed by atoms with Gasteiger partial charge in [-0.15, -0.1) is 0 Å².